The van der Waals surface area contributed by atoms with Crippen molar-refractivity contribution >= 4 is 28.5 Å². The van der Waals surface area contributed by atoms with Crippen molar-refractivity contribution in [3.8, 4) is 0 Å². The van der Waals surface area contributed by atoms with Crippen molar-refractivity contribution in [2.24, 2.45) is 0 Å². The largest absolute Gasteiger partial charge is 0.478 e. The van der Waals surface area contributed by atoms with Crippen molar-refractivity contribution in [3.63, 3.8) is 0 Å². The molecule has 0 radical (unpaired) electrons. The monoisotopic (exact) mass is 333 g/mol. The van der Waals surface area contributed by atoms with Crippen LogP contribution in [0.2, 0.25) is 0 Å². The van der Waals surface area contributed by atoms with E-state index in [9.17, 15) is 9.59 Å². The summed E-state index contributed by atoms with van der Waals surface area (Å²) in [5, 5.41) is 14.8. The van der Waals surface area contributed by atoms with Gasteiger partial charge in [-0.25, -0.2) is 14.6 Å². The molecule has 7 nitrogen and oxygen atoms in total. The zero-order valence-corrected chi connectivity index (χ0v) is 13.0. The SMILES string of the molecule is O=C(NCc1ccc(C(=O)O)cc1)Nc1nc2c(s1)COCC2. The summed E-state index contributed by atoms with van der Waals surface area (Å²) in [4.78, 5) is 28.1. The number of fused-ring (bicyclic) bond motifs is 1. The Bertz CT molecular complexity index is 703. The molecule has 0 aliphatic carbocycles. The summed E-state index contributed by atoms with van der Waals surface area (Å²) in [7, 11) is 0. The van der Waals surface area contributed by atoms with E-state index in [1.54, 1.807) is 12.1 Å². The second kappa shape index (κ2) is 6.76. The van der Waals surface area contributed by atoms with Gasteiger partial charge in [-0.2, -0.15) is 0 Å². The van der Waals surface area contributed by atoms with Gasteiger partial charge in [-0.3, -0.25) is 5.32 Å². The highest BCUT2D eigenvalue weighted by atomic mass is 32.1. The summed E-state index contributed by atoms with van der Waals surface area (Å²) in [5.74, 6) is -0.973. The fourth-order valence-corrected chi connectivity index (χ4v) is 3.11. The Morgan fingerprint density at radius 1 is 1.30 bits per heavy atom. The molecule has 23 heavy (non-hydrogen) atoms. The van der Waals surface area contributed by atoms with Crippen LogP contribution in [0.3, 0.4) is 0 Å². The topological polar surface area (TPSA) is 101 Å². The van der Waals surface area contributed by atoms with E-state index in [0.717, 1.165) is 22.6 Å². The molecule has 2 amide bonds. The molecule has 0 saturated carbocycles. The van der Waals surface area contributed by atoms with Crippen LogP contribution in [0.4, 0.5) is 9.93 Å². The average molecular weight is 333 g/mol. The van der Waals surface area contributed by atoms with E-state index >= 15 is 0 Å². The normalized spacial score (nSPS) is 13.2. The first kappa shape index (κ1) is 15.4. The molecular weight excluding hydrogens is 318 g/mol. The molecule has 0 spiro atoms. The summed E-state index contributed by atoms with van der Waals surface area (Å²) < 4.78 is 5.35. The lowest BCUT2D eigenvalue weighted by atomic mass is 10.1. The molecular formula is C15H15N3O4S. The number of carbonyl (C=O) groups is 2. The number of nitrogens with zero attached hydrogens (tertiary/aromatic N) is 1. The highest BCUT2D eigenvalue weighted by Gasteiger charge is 2.16. The zero-order chi connectivity index (χ0) is 16.2. The molecule has 2 heterocycles. The minimum atomic E-state index is -0.973. The van der Waals surface area contributed by atoms with Gasteiger partial charge in [0.2, 0.25) is 0 Å². The second-order valence-corrected chi connectivity index (χ2v) is 6.08. The van der Waals surface area contributed by atoms with Crippen molar-refractivity contribution in [2.45, 2.75) is 19.6 Å². The van der Waals surface area contributed by atoms with Crippen molar-refractivity contribution in [3.05, 3.63) is 46.0 Å². The number of carbonyl (C=O) groups excluding carboxylic acids is 1. The number of urea groups is 1. The Balaban J connectivity index is 1.53. The minimum absolute atomic E-state index is 0.216. The number of benzene rings is 1. The van der Waals surface area contributed by atoms with Crippen molar-refractivity contribution in [2.75, 3.05) is 11.9 Å². The van der Waals surface area contributed by atoms with Crippen LogP contribution in [-0.4, -0.2) is 28.7 Å². The molecule has 3 rings (SSSR count). The summed E-state index contributed by atoms with van der Waals surface area (Å²) >= 11 is 1.42. The first-order valence-electron chi connectivity index (χ1n) is 7.05. The predicted octanol–water partition coefficient (Wildman–Crippen LogP) is 2.24. The Hall–Kier alpha value is -2.45. The standard InChI is InChI=1S/C15H15N3O4S/c19-13(20)10-3-1-9(2-4-10)7-16-14(21)18-15-17-11-5-6-22-8-12(11)23-15/h1-4H,5-8H2,(H,19,20)(H2,16,17,18,21). The third kappa shape index (κ3) is 3.85. The lowest BCUT2D eigenvalue weighted by Gasteiger charge is -2.08. The van der Waals surface area contributed by atoms with Crippen LogP contribution in [0.15, 0.2) is 24.3 Å². The number of rotatable bonds is 4. The highest BCUT2D eigenvalue weighted by Crippen LogP contribution is 2.26. The van der Waals surface area contributed by atoms with Gasteiger partial charge in [-0.1, -0.05) is 23.5 Å². The first-order chi connectivity index (χ1) is 11.1. The second-order valence-electron chi connectivity index (χ2n) is 5.00. The fourth-order valence-electron chi connectivity index (χ4n) is 2.17. The number of aromatic nitrogens is 1. The van der Waals surface area contributed by atoms with Gasteiger partial charge in [0.05, 0.1) is 29.3 Å². The van der Waals surface area contributed by atoms with Crippen LogP contribution in [0.5, 0.6) is 0 Å². The van der Waals surface area contributed by atoms with Gasteiger partial charge in [0.25, 0.3) is 0 Å². The summed E-state index contributed by atoms with van der Waals surface area (Å²) in [5.41, 5.74) is 2.02. The summed E-state index contributed by atoms with van der Waals surface area (Å²) in [6.45, 7) is 1.51. The van der Waals surface area contributed by atoms with Crippen molar-refractivity contribution in [1.82, 2.24) is 10.3 Å². The molecule has 2 aromatic rings. The number of carboxylic acids is 1. The number of ether oxygens (including phenoxy) is 1. The van der Waals surface area contributed by atoms with E-state index in [1.807, 2.05) is 0 Å². The number of nitrogens with one attached hydrogen (secondary N) is 2. The Morgan fingerprint density at radius 3 is 2.78 bits per heavy atom. The summed E-state index contributed by atoms with van der Waals surface area (Å²) in [6.07, 6.45) is 0.769. The maximum atomic E-state index is 11.9. The van der Waals surface area contributed by atoms with Gasteiger partial charge >= 0.3 is 12.0 Å². The van der Waals surface area contributed by atoms with Crippen LogP contribution < -0.4 is 10.6 Å². The average Bonchev–Trinajstić information content (AvgIpc) is 2.95. The molecule has 120 valence electrons. The molecule has 8 heteroatoms. The third-order valence-electron chi connectivity index (χ3n) is 3.37. The van der Waals surface area contributed by atoms with Gasteiger partial charge in [0.15, 0.2) is 5.13 Å². The van der Waals surface area contributed by atoms with Gasteiger partial charge in [0, 0.05) is 13.0 Å². The van der Waals surface area contributed by atoms with E-state index in [2.05, 4.69) is 15.6 Å². The molecule has 1 aromatic carbocycles. The minimum Gasteiger partial charge on any atom is -0.478 e. The van der Waals surface area contributed by atoms with Crippen LogP contribution >= 0.6 is 11.3 Å². The lowest BCUT2D eigenvalue weighted by molar-refractivity contribution is 0.0697. The smallest absolute Gasteiger partial charge is 0.335 e. The molecule has 0 unspecified atom stereocenters. The molecule has 0 fully saturated rings. The van der Waals surface area contributed by atoms with Gasteiger partial charge in [-0.15, -0.1) is 0 Å². The maximum Gasteiger partial charge on any atom is 0.335 e. The van der Waals surface area contributed by atoms with Crippen molar-refractivity contribution < 1.29 is 19.4 Å². The van der Waals surface area contributed by atoms with E-state index < -0.39 is 5.97 Å². The molecule has 1 aliphatic rings. The van der Waals surface area contributed by atoms with Crippen molar-refractivity contribution in [1.29, 1.82) is 0 Å². The Morgan fingerprint density at radius 2 is 2.09 bits per heavy atom. The molecule has 0 saturated heterocycles. The third-order valence-corrected chi connectivity index (χ3v) is 4.36. The Labute approximate surface area is 136 Å². The lowest BCUT2D eigenvalue weighted by Crippen LogP contribution is -2.28. The maximum absolute atomic E-state index is 11.9. The zero-order valence-electron chi connectivity index (χ0n) is 12.2. The number of aromatic carboxylic acids is 1. The molecule has 1 aliphatic heterocycles. The molecule has 0 atom stereocenters. The molecule has 3 N–H and O–H groups in total. The quantitative estimate of drug-likeness (QED) is 0.796. The number of hydrogen-bond acceptors (Lipinski definition) is 5. The van der Waals surface area contributed by atoms with Gasteiger partial charge in [-0.05, 0) is 17.7 Å². The molecule has 1 aromatic heterocycles. The van der Waals surface area contributed by atoms with Crippen LogP contribution in [0.1, 0.15) is 26.5 Å². The van der Waals surface area contributed by atoms with Crippen LogP contribution in [0.25, 0.3) is 0 Å². The van der Waals surface area contributed by atoms with E-state index in [-0.39, 0.29) is 11.6 Å². The fraction of sp³-hybridized carbons (Fsp3) is 0.267. The van der Waals surface area contributed by atoms with Crippen LogP contribution in [-0.2, 0) is 24.3 Å². The van der Waals surface area contributed by atoms with Gasteiger partial charge < -0.3 is 15.2 Å². The number of carboxylic acid groups (broad SMARTS) is 1. The predicted molar refractivity (Wildman–Crippen MR) is 84.7 cm³/mol. The number of hydrogen-bond donors (Lipinski definition) is 3. The number of anilines is 1. The number of amides is 2. The first-order valence-corrected chi connectivity index (χ1v) is 7.87. The van der Waals surface area contributed by atoms with E-state index in [4.69, 9.17) is 9.84 Å². The van der Waals surface area contributed by atoms with E-state index in [0.29, 0.717) is 24.9 Å². The van der Waals surface area contributed by atoms with E-state index in [1.165, 1.54) is 23.5 Å². The molecule has 0 bridgehead atoms. The Kier molecular flexibility index (Phi) is 4.54. The highest BCUT2D eigenvalue weighted by molar-refractivity contribution is 7.15. The van der Waals surface area contributed by atoms with Crippen LogP contribution in [0, 0.1) is 0 Å². The number of thiazole rings is 1. The summed E-state index contributed by atoms with van der Waals surface area (Å²) in [6, 6.07) is 6.00. The van der Waals surface area contributed by atoms with Gasteiger partial charge in [0.1, 0.15) is 0 Å².